The van der Waals surface area contributed by atoms with E-state index in [-0.39, 0.29) is 12.0 Å². The summed E-state index contributed by atoms with van der Waals surface area (Å²) < 4.78 is 19.1. The highest BCUT2D eigenvalue weighted by Gasteiger charge is 2.20. The first-order valence-corrected chi connectivity index (χ1v) is 11.8. The predicted molar refractivity (Wildman–Crippen MR) is 137 cm³/mol. The molecule has 4 heterocycles. The Kier molecular flexibility index (Phi) is 5.74. The number of benzene rings is 2. The average molecular weight is 518 g/mol. The van der Waals surface area contributed by atoms with Crippen molar-refractivity contribution in [3.63, 3.8) is 0 Å². The molecule has 1 N–H and O–H groups in total. The van der Waals surface area contributed by atoms with Gasteiger partial charge in [-0.15, -0.1) is 0 Å². The van der Waals surface area contributed by atoms with Gasteiger partial charge in [-0.05, 0) is 42.0 Å². The van der Waals surface area contributed by atoms with Crippen molar-refractivity contribution >= 4 is 34.1 Å². The first-order valence-electron chi connectivity index (χ1n) is 11.4. The van der Waals surface area contributed by atoms with Crippen molar-refractivity contribution in [3.8, 4) is 22.6 Å². The number of carbonyl (C=O) groups is 1. The molecule has 11 heteroatoms. The minimum absolute atomic E-state index is 0.255. The maximum absolute atomic E-state index is 13.3. The van der Waals surface area contributed by atoms with Crippen molar-refractivity contribution in [1.82, 2.24) is 19.3 Å². The SMILES string of the molecule is COCc1nn2c(ncc3c(=O)n(NC(=O)c4ccc5c(c4)OCCO5)ccc32)c1-c1ccc(Cl)cc1. The Morgan fingerprint density at radius 1 is 1.11 bits per heavy atom. The van der Waals surface area contributed by atoms with Crippen molar-refractivity contribution in [1.29, 1.82) is 0 Å². The van der Waals surface area contributed by atoms with Crippen LogP contribution in [0.3, 0.4) is 0 Å². The highest BCUT2D eigenvalue weighted by Crippen LogP contribution is 2.31. The second kappa shape index (κ2) is 9.23. The number of halogens is 1. The predicted octanol–water partition coefficient (Wildman–Crippen LogP) is 3.67. The molecule has 0 saturated carbocycles. The van der Waals surface area contributed by atoms with E-state index in [9.17, 15) is 9.59 Å². The summed E-state index contributed by atoms with van der Waals surface area (Å²) in [6.45, 7) is 1.12. The number of hydrogen-bond donors (Lipinski definition) is 1. The number of ether oxygens (including phenoxy) is 3. The lowest BCUT2D eigenvalue weighted by Crippen LogP contribution is -2.33. The van der Waals surface area contributed by atoms with Gasteiger partial charge in [-0.25, -0.2) is 14.2 Å². The minimum atomic E-state index is -0.473. The molecular formula is C26H20ClN5O5. The number of carbonyl (C=O) groups excluding carboxylic acids is 1. The molecule has 10 nitrogen and oxygen atoms in total. The zero-order chi connectivity index (χ0) is 25.5. The van der Waals surface area contributed by atoms with E-state index in [1.807, 2.05) is 12.1 Å². The lowest BCUT2D eigenvalue weighted by molar-refractivity contribution is 0.101. The monoisotopic (exact) mass is 517 g/mol. The van der Waals surface area contributed by atoms with E-state index in [4.69, 9.17) is 25.8 Å². The molecule has 0 radical (unpaired) electrons. The number of aromatic nitrogens is 4. The van der Waals surface area contributed by atoms with Crippen LogP contribution in [0.5, 0.6) is 11.5 Å². The van der Waals surface area contributed by atoms with Crippen LogP contribution in [-0.2, 0) is 11.3 Å². The average Bonchev–Trinajstić information content (AvgIpc) is 3.29. The topological polar surface area (TPSA) is 109 Å². The fraction of sp³-hybridized carbons (Fsp3) is 0.154. The van der Waals surface area contributed by atoms with E-state index in [1.54, 1.807) is 48.0 Å². The smallest absolute Gasteiger partial charge is 0.280 e. The number of methoxy groups -OCH3 is 1. The van der Waals surface area contributed by atoms with E-state index >= 15 is 0 Å². The van der Waals surface area contributed by atoms with Crippen LogP contribution in [0.1, 0.15) is 16.1 Å². The van der Waals surface area contributed by atoms with Crippen LogP contribution < -0.4 is 20.5 Å². The third-order valence-corrected chi connectivity index (χ3v) is 6.28. The van der Waals surface area contributed by atoms with Crippen LogP contribution in [0.4, 0.5) is 0 Å². The Balaban J connectivity index is 1.40. The molecule has 186 valence electrons. The normalized spacial score (nSPS) is 12.7. The van der Waals surface area contributed by atoms with E-state index < -0.39 is 11.5 Å². The second-order valence-corrected chi connectivity index (χ2v) is 8.78. The molecule has 0 spiro atoms. The van der Waals surface area contributed by atoms with Gasteiger partial charge in [-0.1, -0.05) is 23.7 Å². The maximum Gasteiger partial charge on any atom is 0.280 e. The van der Waals surface area contributed by atoms with Crippen LogP contribution in [0.15, 0.2) is 65.7 Å². The zero-order valence-electron chi connectivity index (χ0n) is 19.6. The molecular weight excluding hydrogens is 498 g/mol. The Bertz CT molecular complexity index is 1730. The molecule has 0 unspecified atom stereocenters. The summed E-state index contributed by atoms with van der Waals surface area (Å²) in [6, 6.07) is 13.9. The summed E-state index contributed by atoms with van der Waals surface area (Å²) in [5, 5.41) is 5.58. The van der Waals surface area contributed by atoms with Crippen molar-refractivity contribution in [2.75, 3.05) is 25.7 Å². The van der Waals surface area contributed by atoms with Crippen LogP contribution in [0, 0.1) is 0 Å². The zero-order valence-corrected chi connectivity index (χ0v) is 20.4. The standard InChI is InChI=1S/C26H20ClN5O5/c1-35-14-19-23(15-2-5-17(27)6-3-15)24-28-13-18-20(32(24)29-19)8-9-31(26(18)34)30-25(33)16-4-7-21-22(12-16)37-11-10-36-21/h2-9,12-13H,10-11,14H2,1H3,(H,30,33). The highest BCUT2D eigenvalue weighted by atomic mass is 35.5. The van der Waals surface area contributed by atoms with E-state index in [1.165, 1.54) is 12.4 Å². The van der Waals surface area contributed by atoms with E-state index in [0.717, 1.165) is 15.8 Å². The maximum atomic E-state index is 13.3. The summed E-state index contributed by atoms with van der Waals surface area (Å²) in [7, 11) is 1.59. The molecule has 2 aromatic carbocycles. The van der Waals surface area contributed by atoms with Gasteiger partial charge in [0.2, 0.25) is 0 Å². The number of fused-ring (bicyclic) bond motifs is 4. The Labute approximate surface area is 214 Å². The summed E-state index contributed by atoms with van der Waals surface area (Å²) in [5.41, 5.74) is 5.94. The fourth-order valence-electron chi connectivity index (χ4n) is 4.31. The van der Waals surface area contributed by atoms with Crippen LogP contribution in [0.2, 0.25) is 5.02 Å². The first-order chi connectivity index (χ1) is 18.0. The molecule has 0 bridgehead atoms. The van der Waals surface area contributed by atoms with Gasteiger partial charge in [-0.2, -0.15) is 5.10 Å². The van der Waals surface area contributed by atoms with Crippen molar-refractivity contribution in [3.05, 3.63) is 87.6 Å². The third kappa shape index (κ3) is 4.05. The van der Waals surface area contributed by atoms with Gasteiger partial charge in [0.25, 0.3) is 11.5 Å². The molecule has 0 saturated heterocycles. The van der Waals surface area contributed by atoms with Crippen LogP contribution in [0.25, 0.3) is 27.7 Å². The molecule has 1 aliphatic rings. The lowest BCUT2D eigenvalue weighted by Gasteiger charge is -2.18. The summed E-state index contributed by atoms with van der Waals surface area (Å²) >= 11 is 6.07. The molecule has 1 amide bonds. The number of amides is 1. The van der Waals surface area contributed by atoms with Crippen LogP contribution in [-0.4, -0.2) is 45.5 Å². The number of hydrogen-bond acceptors (Lipinski definition) is 7. The lowest BCUT2D eigenvalue weighted by atomic mass is 10.1. The summed E-state index contributed by atoms with van der Waals surface area (Å²) in [6.07, 6.45) is 2.97. The molecule has 6 rings (SSSR count). The summed E-state index contributed by atoms with van der Waals surface area (Å²) in [4.78, 5) is 30.7. The van der Waals surface area contributed by atoms with Gasteiger partial charge in [0.15, 0.2) is 17.1 Å². The molecule has 0 atom stereocenters. The first kappa shape index (κ1) is 23.0. The quantitative estimate of drug-likeness (QED) is 0.379. The number of pyridine rings is 1. The van der Waals surface area contributed by atoms with Gasteiger partial charge in [0.1, 0.15) is 13.2 Å². The molecule has 0 fully saturated rings. The Morgan fingerprint density at radius 3 is 2.68 bits per heavy atom. The number of rotatable bonds is 5. The minimum Gasteiger partial charge on any atom is -0.486 e. The van der Waals surface area contributed by atoms with Gasteiger partial charge < -0.3 is 14.2 Å². The largest absolute Gasteiger partial charge is 0.486 e. The molecule has 5 aromatic rings. The van der Waals surface area contributed by atoms with Crippen molar-refractivity contribution in [2.45, 2.75) is 6.61 Å². The van der Waals surface area contributed by atoms with Gasteiger partial charge >= 0.3 is 0 Å². The molecule has 3 aromatic heterocycles. The van der Waals surface area contributed by atoms with Crippen molar-refractivity contribution in [2.24, 2.45) is 0 Å². The fourth-order valence-corrected chi connectivity index (χ4v) is 4.44. The number of nitrogens with one attached hydrogen (secondary N) is 1. The Hall–Kier alpha value is -4.41. The second-order valence-electron chi connectivity index (χ2n) is 8.34. The Morgan fingerprint density at radius 2 is 1.89 bits per heavy atom. The van der Waals surface area contributed by atoms with Gasteiger partial charge in [-0.3, -0.25) is 15.0 Å². The highest BCUT2D eigenvalue weighted by molar-refractivity contribution is 6.30. The molecule has 0 aliphatic carbocycles. The third-order valence-electron chi connectivity index (χ3n) is 6.02. The van der Waals surface area contributed by atoms with E-state index in [0.29, 0.717) is 52.2 Å². The summed E-state index contributed by atoms with van der Waals surface area (Å²) in [5.74, 6) is 0.586. The van der Waals surface area contributed by atoms with Gasteiger partial charge in [0, 0.05) is 30.1 Å². The van der Waals surface area contributed by atoms with Crippen molar-refractivity contribution < 1.29 is 19.0 Å². The molecule has 37 heavy (non-hydrogen) atoms. The molecule has 1 aliphatic heterocycles. The number of nitrogens with zero attached hydrogens (tertiary/aromatic N) is 4. The van der Waals surface area contributed by atoms with Crippen LogP contribution >= 0.6 is 11.6 Å². The van der Waals surface area contributed by atoms with Gasteiger partial charge in [0.05, 0.1) is 28.8 Å². The van der Waals surface area contributed by atoms with E-state index in [2.05, 4.69) is 15.5 Å².